The van der Waals surface area contributed by atoms with Crippen LogP contribution in [0.25, 0.3) is 0 Å². The fraction of sp³-hybridized carbons (Fsp3) is 0.889. The maximum Gasteiger partial charge on any atom is 0.0780 e. The summed E-state index contributed by atoms with van der Waals surface area (Å²) in [7, 11) is 6.72. The van der Waals surface area contributed by atoms with Gasteiger partial charge in [0.1, 0.15) is 0 Å². The molecule has 10 heavy (non-hydrogen) atoms. The van der Waals surface area contributed by atoms with Crippen molar-refractivity contribution in [2.24, 2.45) is 0 Å². The highest BCUT2D eigenvalue weighted by Crippen LogP contribution is 2.01. The van der Waals surface area contributed by atoms with E-state index in [9.17, 15) is 0 Å². The smallest absolute Gasteiger partial charge is 0.0780 e. The highest BCUT2D eigenvalue weighted by Gasteiger charge is 2.04. The minimum absolute atomic E-state index is 1.09. The van der Waals surface area contributed by atoms with Crippen LogP contribution < -0.4 is 0 Å². The molecule has 1 radical (unpaired) electrons. The maximum absolute atomic E-state index is 3.81. The van der Waals surface area contributed by atoms with Crippen LogP contribution in [0.3, 0.4) is 0 Å². The van der Waals surface area contributed by atoms with Gasteiger partial charge >= 0.3 is 0 Å². The molecule has 0 N–H and O–H groups in total. The van der Waals surface area contributed by atoms with Crippen molar-refractivity contribution in [3.05, 3.63) is 6.92 Å². The molecule has 0 aliphatic carbocycles. The molecule has 0 fully saturated rings. The van der Waals surface area contributed by atoms with E-state index in [0.29, 0.717) is 0 Å². The third-order valence-corrected chi connectivity index (χ3v) is 1.58. The Hall–Kier alpha value is -0.0400. The quantitative estimate of drug-likeness (QED) is 0.408. The van der Waals surface area contributed by atoms with Gasteiger partial charge in [-0.25, -0.2) is 0 Å². The highest BCUT2D eigenvalue weighted by atomic mass is 15.3. The summed E-state index contributed by atoms with van der Waals surface area (Å²) in [6.45, 7) is 5.11. The molecule has 0 bridgehead atoms. The van der Waals surface area contributed by atoms with Gasteiger partial charge in [-0.05, 0) is 12.8 Å². The van der Waals surface area contributed by atoms with Crippen molar-refractivity contribution in [1.29, 1.82) is 0 Å². The lowest BCUT2D eigenvalue weighted by atomic mass is 10.2. The van der Waals surface area contributed by atoms with Crippen LogP contribution >= 0.6 is 0 Å². The standard InChI is InChI=1S/C9H21N/c1-5-6-7-8-9-10(2,3)4/h1,5-9H2,2-4H3/q+1. The molecule has 0 saturated heterocycles. The second kappa shape index (κ2) is 4.73. The third-order valence-electron chi connectivity index (χ3n) is 1.58. The van der Waals surface area contributed by atoms with Crippen LogP contribution in [-0.4, -0.2) is 32.2 Å². The van der Waals surface area contributed by atoms with Crippen molar-refractivity contribution in [3.63, 3.8) is 0 Å². The van der Waals surface area contributed by atoms with Gasteiger partial charge < -0.3 is 4.48 Å². The topological polar surface area (TPSA) is 0 Å². The van der Waals surface area contributed by atoms with E-state index >= 15 is 0 Å². The van der Waals surface area contributed by atoms with E-state index in [1.165, 1.54) is 25.8 Å². The number of rotatable bonds is 5. The number of unbranched alkanes of at least 4 members (excludes halogenated alkanes) is 3. The van der Waals surface area contributed by atoms with Crippen LogP contribution in [0.15, 0.2) is 0 Å². The molecule has 0 aliphatic rings. The molecule has 0 heterocycles. The molecule has 61 valence electrons. The van der Waals surface area contributed by atoms with E-state index in [1.807, 2.05) is 0 Å². The molecule has 0 saturated carbocycles. The van der Waals surface area contributed by atoms with Crippen LogP contribution in [0.1, 0.15) is 25.7 Å². The van der Waals surface area contributed by atoms with E-state index in [-0.39, 0.29) is 0 Å². The molecule has 0 aromatic rings. The average Bonchev–Trinajstić information content (AvgIpc) is 1.78. The summed E-state index contributed by atoms with van der Waals surface area (Å²) in [5, 5.41) is 0. The summed E-state index contributed by atoms with van der Waals surface area (Å²) < 4.78 is 1.09. The Kier molecular flexibility index (Phi) is 4.71. The molecule has 1 heteroatoms. The number of hydrogen-bond acceptors (Lipinski definition) is 0. The van der Waals surface area contributed by atoms with Crippen molar-refractivity contribution in [1.82, 2.24) is 0 Å². The molecular weight excluding hydrogens is 122 g/mol. The molecule has 0 amide bonds. The highest BCUT2D eigenvalue weighted by molar-refractivity contribution is 4.43. The first-order chi connectivity index (χ1) is 4.56. The van der Waals surface area contributed by atoms with Gasteiger partial charge in [0, 0.05) is 0 Å². The van der Waals surface area contributed by atoms with Crippen molar-refractivity contribution in [3.8, 4) is 0 Å². The van der Waals surface area contributed by atoms with Crippen molar-refractivity contribution in [2.75, 3.05) is 27.7 Å². The molecule has 0 aromatic carbocycles. The monoisotopic (exact) mass is 143 g/mol. The zero-order valence-electron chi connectivity index (χ0n) is 7.69. The molecule has 0 rings (SSSR count). The average molecular weight is 143 g/mol. The summed E-state index contributed by atoms with van der Waals surface area (Å²) in [4.78, 5) is 0. The summed E-state index contributed by atoms with van der Waals surface area (Å²) in [5.74, 6) is 0. The van der Waals surface area contributed by atoms with Crippen LogP contribution in [0, 0.1) is 6.92 Å². The molecule has 0 unspecified atom stereocenters. The summed E-state index contributed by atoms with van der Waals surface area (Å²) >= 11 is 0. The molecule has 0 aromatic heterocycles. The van der Waals surface area contributed by atoms with E-state index in [0.717, 1.165) is 10.9 Å². The van der Waals surface area contributed by atoms with Gasteiger partial charge in [0.25, 0.3) is 0 Å². The van der Waals surface area contributed by atoms with Crippen LogP contribution in [-0.2, 0) is 0 Å². The van der Waals surface area contributed by atoms with Gasteiger partial charge in [0.2, 0.25) is 0 Å². The van der Waals surface area contributed by atoms with Gasteiger partial charge in [-0.3, -0.25) is 0 Å². The van der Waals surface area contributed by atoms with Crippen LogP contribution in [0.4, 0.5) is 0 Å². The summed E-state index contributed by atoms with van der Waals surface area (Å²) in [6, 6.07) is 0. The fourth-order valence-electron chi connectivity index (χ4n) is 0.940. The summed E-state index contributed by atoms with van der Waals surface area (Å²) in [5.41, 5.74) is 0. The molecule has 0 spiro atoms. The zero-order valence-corrected chi connectivity index (χ0v) is 7.69. The normalized spacial score (nSPS) is 12.0. The van der Waals surface area contributed by atoms with Gasteiger partial charge in [0.05, 0.1) is 27.7 Å². The maximum atomic E-state index is 3.81. The second-order valence-corrected chi connectivity index (χ2v) is 3.93. The van der Waals surface area contributed by atoms with E-state index < -0.39 is 0 Å². The Balaban J connectivity index is 3.04. The minimum atomic E-state index is 1.09. The fourth-order valence-corrected chi connectivity index (χ4v) is 0.940. The van der Waals surface area contributed by atoms with E-state index in [4.69, 9.17) is 0 Å². The van der Waals surface area contributed by atoms with Crippen LogP contribution in [0.2, 0.25) is 0 Å². The third kappa shape index (κ3) is 7.96. The molecule has 0 aliphatic heterocycles. The lowest BCUT2D eigenvalue weighted by molar-refractivity contribution is -0.870. The first-order valence-corrected chi connectivity index (χ1v) is 4.16. The zero-order chi connectivity index (χ0) is 8.04. The van der Waals surface area contributed by atoms with Crippen molar-refractivity contribution >= 4 is 0 Å². The number of quaternary nitrogens is 1. The summed E-state index contributed by atoms with van der Waals surface area (Å²) in [6.07, 6.45) is 5.08. The minimum Gasteiger partial charge on any atom is -0.331 e. The molecule has 1 nitrogen and oxygen atoms in total. The predicted octanol–water partition coefficient (Wildman–Crippen LogP) is 2.09. The SMILES string of the molecule is [CH2]CCCCC[N+](C)(C)C. The van der Waals surface area contributed by atoms with E-state index in [1.54, 1.807) is 0 Å². The van der Waals surface area contributed by atoms with Gasteiger partial charge in [-0.1, -0.05) is 19.8 Å². The molecular formula is C9H21N+. The second-order valence-electron chi connectivity index (χ2n) is 3.93. The van der Waals surface area contributed by atoms with E-state index in [2.05, 4.69) is 28.1 Å². The van der Waals surface area contributed by atoms with Gasteiger partial charge in [-0.2, -0.15) is 0 Å². The Labute approximate surface area is 65.6 Å². The Morgan fingerprint density at radius 1 is 1.00 bits per heavy atom. The van der Waals surface area contributed by atoms with Crippen molar-refractivity contribution < 1.29 is 4.48 Å². The van der Waals surface area contributed by atoms with Gasteiger partial charge in [0.15, 0.2) is 0 Å². The Bertz CT molecular complexity index is 71.3. The lowest BCUT2D eigenvalue weighted by Crippen LogP contribution is -2.35. The Morgan fingerprint density at radius 2 is 1.60 bits per heavy atom. The lowest BCUT2D eigenvalue weighted by Gasteiger charge is -2.23. The van der Waals surface area contributed by atoms with Gasteiger partial charge in [-0.15, -0.1) is 0 Å². The number of hydrogen-bond donors (Lipinski definition) is 0. The first kappa shape index (κ1) is 9.96. The Morgan fingerprint density at radius 3 is 2.00 bits per heavy atom. The van der Waals surface area contributed by atoms with Crippen molar-refractivity contribution in [2.45, 2.75) is 25.7 Å². The van der Waals surface area contributed by atoms with Crippen LogP contribution in [0.5, 0.6) is 0 Å². The largest absolute Gasteiger partial charge is 0.331 e. The first-order valence-electron chi connectivity index (χ1n) is 4.16. The molecule has 0 atom stereocenters. The predicted molar refractivity (Wildman–Crippen MR) is 46.7 cm³/mol. The number of nitrogens with zero attached hydrogens (tertiary/aromatic N) is 1.